The molecule has 0 aliphatic rings. The number of thiocarbonyl (C=S) groups is 1. The molecule has 0 saturated heterocycles. The van der Waals surface area contributed by atoms with Crippen molar-refractivity contribution in [1.82, 2.24) is 20.3 Å². The van der Waals surface area contributed by atoms with Crippen LogP contribution in [0.2, 0.25) is 0 Å². The quantitative estimate of drug-likeness (QED) is 0.340. The van der Waals surface area contributed by atoms with E-state index in [2.05, 4.69) is 39.9 Å². The van der Waals surface area contributed by atoms with Crippen LogP contribution in [-0.4, -0.2) is 40.2 Å². The molecule has 0 fully saturated rings. The van der Waals surface area contributed by atoms with Crippen molar-refractivity contribution in [2.24, 2.45) is 0 Å². The number of nitrogens with one attached hydrogen (secondary N) is 2. The second-order valence-electron chi connectivity index (χ2n) is 7.94. The van der Waals surface area contributed by atoms with E-state index in [1.165, 1.54) is 25.5 Å². The van der Waals surface area contributed by atoms with E-state index in [-0.39, 0.29) is 5.11 Å². The normalized spacial score (nSPS) is 10.7. The van der Waals surface area contributed by atoms with Gasteiger partial charge in [0.25, 0.3) is 5.91 Å². The van der Waals surface area contributed by atoms with E-state index in [1.54, 1.807) is 30.1 Å². The van der Waals surface area contributed by atoms with Crippen LogP contribution in [0, 0.1) is 0 Å². The third kappa shape index (κ3) is 5.75. The summed E-state index contributed by atoms with van der Waals surface area (Å²) in [5.74, 6) is 0.588. The molecule has 3 aromatic carbocycles. The Hall–Kier alpha value is -3.98. The number of hydrogen-bond acceptors (Lipinski definition) is 6. The van der Waals surface area contributed by atoms with Crippen LogP contribution in [0.1, 0.15) is 35.7 Å². The van der Waals surface area contributed by atoms with E-state index < -0.39 is 5.91 Å². The molecule has 35 heavy (non-hydrogen) atoms. The molecular formula is C26H27N5O3S. The topological polar surface area (TPSA) is 90.3 Å². The van der Waals surface area contributed by atoms with Crippen molar-refractivity contribution < 1.29 is 14.3 Å². The Morgan fingerprint density at radius 2 is 1.74 bits per heavy atom. The molecule has 1 aromatic heterocycles. The number of amides is 1. The molecule has 1 heterocycles. The van der Waals surface area contributed by atoms with Gasteiger partial charge in [0.05, 0.1) is 25.5 Å². The number of aromatic nitrogens is 3. The van der Waals surface area contributed by atoms with Crippen molar-refractivity contribution in [3.8, 4) is 17.2 Å². The number of benzene rings is 3. The largest absolute Gasteiger partial charge is 0.497 e. The Labute approximate surface area is 209 Å². The number of nitrogens with zero attached hydrogens (tertiary/aromatic N) is 3. The monoisotopic (exact) mass is 489 g/mol. The van der Waals surface area contributed by atoms with Crippen LogP contribution in [0.5, 0.6) is 11.5 Å². The van der Waals surface area contributed by atoms with E-state index in [4.69, 9.17) is 21.7 Å². The number of rotatable bonds is 8. The minimum absolute atomic E-state index is 0.155. The lowest BCUT2D eigenvalue weighted by Gasteiger charge is -2.12. The fourth-order valence-corrected chi connectivity index (χ4v) is 3.81. The maximum atomic E-state index is 12.7. The smallest absolute Gasteiger partial charge is 0.261 e. The van der Waals surface area contributed by atoms with Gasteiger partial charge >= 0.3 is 0 Å². The second-order valence-corrected chi connectivity index (χ2v) is 8.35. The Kier molecular flexibility index (Phi) is 7.57. The van der Waals surface area contributed by atoms with Gasteiger partial charge in [0.2, 0.25) is 0 Å². The average Bonchev–Trinajstić information content (AvgIpc) is 3.30. The van der Waals surface area contributed by atoms with E-state index in [0.29, 0.717) is 28.3 Å². The first-order valence-corrected chi connectivity index (χ1v) is 11.7. The summed E-state index contributed by atoms with van der Waals surface area (Å²) >= 11 is 5.34. The molecule has 2 N–H and O–H groups in total. The molecule has 180 valence electrons. The first-order valence-electron chi connectivity index (χ1n) is 11.3. The minimum atomic E-state index is -0.392. The van der Waals surface area contributed by atoms with Crippen LogP contribution in [0.3, 0.4) is 0 Å². The maximum absolute atomic E-state index is 12.7. The van der Waals surface area contributed by atoms with Gasteiger partial charge in [-0.05, 0) is 73.1 Å². The number of ether oxygens (including phenoxy) is 2. The number of fused-ring (bicyclic) bond motifs is 1. The maximum Gasteiger partial charge on any atom is 0.261 e. The Balaban J connectivity index is 1.44. The zero-order chi connectivity index (χ0) is 24.8. The van der Waals surface area contributed by atoms with E-state index in [0.717, 1.165) is 17.6 Å². The lowest BCUT2D eigenvalue weighted by atomic mass is 10.1. The highest BCUT2D eigenvalue weighted by molar-refractivity contribution is 7.80. The lowest BCUT2D eigenvalue weighted by Crippen LogP contribution is -2.34. The summed E-state index contributed by atoms with van der Waals surface area (Å²) in [5.41, 5.74) is 4.69. The predicted octanol–water partition coefficient (Wildman–Crippen LogP) is 4.91. The van der Waals surface area contributed by atoms with Gasteiger partial charge in [-0.2, -0.15) is 4.80 Å². The molecule has 0 aliphatic heterocycles. The number of hydrogen-bond donors (Lipinski definition) is 2. The summed E-state index contributed by atoms with van der Waals surface area (Å²) in [6.07, 6.45) is 3.42. The summed E-state index contributed by atoms with van der Waals surface area (Å²) in [6, 6.07) is 18.8. The summed E-state index contributed by atoms with van der Waals surface area (Å²) in [4.78, 5) is 14.3. The average molecular weight is 490 g/mol. The third-order valence-corrected chi connectivity index (χ3v) is 5.71. The van der Waals surface area contributed by atoms with Crippen LogP contribution < -0.4 is 20.1 Å². The van der Waals surface area contributed by atoms with Gasteiger partial charge in [0, 0.05) is 11.8 Å². The zero-order valence-corrected chi connectivity index (χ0v) is 20.7. The highest BCUT2D eigenvalue weighted by atomic mass is 32.1. The number of unbranched alkanes of at least 4 members (excludes halogenated alkanes) is 1. The number of methoxy groups -OCH3 is 2. The molecule has 0 unspecified atom stereocenters. The summed E-state index contributed by atoms with van der Waals surface area (Å²) in [5, 5.41) is 15.0. The molecule has 0 radical (unpaired) electrons. The molecule has 4 aromatic rings. The molecule has 9 heteroatoms. The van der Waals surface area contributed by atoms with Gasteiger partial charge in [0.15, 0.2) is 5.11 Å². The van der Waals surface area contributed by atoms with Crippen molar-refractivity contribution in [1.29, 1.82) is 0 Å². The van der Waals surface area contributed by atoms with Crippen molar-refractivity contribution in [2.75, 3.05) is 19.5 Å². The third-order valence-electron chi connectivity index (χ3n) is 5.50. The Morgan fingerprint density at radius 3 is 2.46 bits per heavy atom. The first kappa shape index (κ1) is 24.2. The Bertz CT molecular complexity index is 1350. The van der Waals surface area contributed by atoms with E-state index >= 15 is 0 Å². The summed E-state index contributed by atoms with van der Waals surface area (Å²) < 4.78 is 10.5. The molecule has 0 saturated carbocycles. The standard InChI is InChI=1S/C26H27N5O3S/c1-4-5-6-17-7-10-19(11-8-17)31-29-22-14-9-18(15-23(22)30-31)27-26(35)28-25(32)21-13-12-20(33-2)16-24(21)34-3/h7-16H,4-6H2,1-3H3,(H2,27,28,32,35). The zero-order valence-electron chi connectivity index (χ0n) is 19.9. The number of carbonyl (C=O) groups excluding carboxylic acids is 1. The molecule has 0 spiro atoms. The lowest BCUT2D eigenvalue weighted by molar-refractivity contribution is 0.0974. The van der Waals surface area contributed by atoms with Gasteiger partial charge in [-0.3, -0.25) is 10.1 Å². The molecule has 8 nitrogen and oxygen atoms in total. The summed E-state index contributed by atoms with van der Waals surface area (Å²) in [7, 11) is 3.04. The van der Waals surface area contributed by atoms with Crippen molar-refractivity contribution in [2.45, 2.75) is 26.2 Å². The molecule has 4 rings (SSSR count). The second kappa shape index (κ2) is 11.0. The SMILES string of the molecule is CCCCc1ccc(-n2nc3ccc(NC(=S)NC(=O)c4ccc(OC)cc4OC)cc3n2)cc1. The van der Waals surface area contributed by atoms with Crippen molar-refractivity contribution in [3.05, 3.63) is 71.8 Å². The van der Waals surface area contributed by atoms with Gasteiger partial charge in [-0.25, -0.2) is 0 Å². The highest BCUT2D eigenvalue weighted by Gasteiger charge is 2.15. The van der Waals surface area contributed by atoms with Gasteiger partial charge in [0.1, 0.15) is 22.5 Å². The molecule has 1 amide bonds. The minimum Gasteiger partial charge on any atom is -0.497 e. The summed E-state index contributed by atoms with van der Waals surface area (Å²) in [6.45, 7) is 2.19. The molecule has 0 atom stereocenters. The van der Waals surface area contributed by atoms with Crippen LogP contribution in [0.15, 0.2) is 60.7 Å². The van der Waals surface area contributed by atoms with Crippen LogP contribution in [0.25, 0.3) is 16.7 Å². The highest BCUT2D eigenvalue weighted by Crippen LogP contribution is 2.24. The van der Waals surface area contributed by atoms with Gasteiger partial charge in [-0.15, -0.1) is 10.2 Å². The van der Waals surface area contributed by atoms with Gasteiger partial charge < -0.3 is 14.8 Å². The van der Waals surface area contributed by atoms with E-state index in [1.807, 2.05) is 30.3 Å². The van der Waals surface area contributed by atoms with Gasteiger partial charge in [-0.1, -0.05) is 25.5 Å². The molecule has 0 bridgehead atoms. The van der Waals surface area contributed by atoms with Crippen LogP contribution in [0.4, 0.5) is 5.69 Å². The molecule has 0 aliphatic carbocycles. The number of carbonyl (C=O) groups is 1. The Morgan fingerprint density at radius 1 is 0.971 bits per heavy atom. The first-order chi connectivity index (χ1) is 17.0. The van der Waals surface area contributed by atoms with E-state index in [9.17, 15) is 4.79 Å². The molecular weight excluding hydrogens is 462 g/mol. The van der Waals surface area contributed by atoms with Crippen LogP contribution >= 0.6 is 12.2 Å². The predicted molar refractivity (Wildman–Crippen MR) is 141 cm³/mol. The fraction of sp³-hybridized carbons (Fsp3) is 0.231. The fourth-order valence-electron chi connectivity index (χ4n) is 3.60. The van der Waals surface area contributed by atoms with Crippen molar-refractivity contribution in [3.63, 3.8) is 0 Å². The number of aryl methyl sites for hydroxylation is 1. The van der Waals surface area contributed by atoms with Crippen LogP contribution in [-0.2, 0) is 6.42 Å². The number of anilines is 1. The van der Waals surface area contributed by atoms with Crippen molar-refractivity contribution >= 4 is 40.0 Å².